The van der Waals surface area contributed by atoms with Crippen LogP contribution >= 0.6 is 0 Å². The Morgan fingerprint density at radius 1 is 0.405 bits per heavy atom. The van der Waals surface area contributed by atoms with Gasteiger partial charge in [-0.3, -0.25) is 0 Å². The molecular formula is C35H24N2. The van der Waals surface area contributed by atoms with Gasteiger partial charge in [0.05, 0.1) is 11.0 Å². The topological polar surface area (TPSA) is 9.86 Å². The van der Waals surface area contributed by atoms with Crippen molar-refractivity contribution in [3.8, 4) is 16.8 Å². The molecule has 2 heterocycles. The second-order valence-electron chi connectivity index (χ2n) is 9.93. The van der Waals surface area contributed by atoms with Crippen LogP contribution < -0.4 is 0 Å². The van der Waals surface area contributed by atoms with Crippen molar-refractivity contribution in [1.29, 1.82) is 0 Å². The molecule has 0 fully saturated rings. The molecule has 2 nitrogen and oxygen atoms in total. The van der Waals surface area contributed by atoms with Crippen LogP contribution in [0.3, 0.4) is 0 Å². The van der Waals surface area contributed by atoms with Crippen molar-refractivity contribution in [2.75, 3.05) is 0 Å². The van der Waals surface area contributed by atoms with E-state index in [-0.39, 0.29) is 0 Å². The maximum atomic E-state index is 2.39. The van der Waals surface area contributed by atoms with E-state index in [0.29, 0.717) is 0 Å². The van der Waals surface area contributed by atoms with Crippen molar-refractivity contribution < 1.29 is 0 Å². The van der Waals surface area contributed by atoms with Crippen LogP contribution in [0.15, 0.2) is 127 Å². The van der Waals surface area contributed by atoms with Crippen LogP contribution in [-0.4, -0.2) is 9.13 Å². The monoisotopic (exact) mass is 472 g/mol. The van der Waals surface area contributed by atoms with Crippen molar-refractivity contribution in [1.82, 2.24) is 9.13 Å². The highest BCUT2D eigenvalue weighted by molar-refractivity contribution is 6.14. The lowest BCUT2D eigenvalue weighted by molar-refractivity contribution is 1.02. The van der Waals surface area contributed by atoms with Crippen molar-refractivity contribution >= 4 is 54.4 Å². The summed E-state index contributed by atoms with van der Waals surface area (Å²) in [6, 6.07) is 46.4. The molecule has 0 N–H and O–H groups in total. The van der Waals surface area contributed by atoms with E-state index in [0.717, 1.165) is 0 Å². The van der Waals surface area contributed by atoms with Gasteiger partial charge in [0.1, 0.15) is 0 Å². The lowest BCUT2D eigenvalue weighted by Gasteiger charge is -2.09. The minimum absolute atomic E-state index is 1.18. The van der Waals surface area contributed by atoms with E-state index in [2.05, 4.69) is 144 Å². The molecule has 0 saturated heterocycles. The van der Waals surface area contributed by atoms with Crippen LogP contribution in [0, 0.1) is 0 Å². The molecule has 0 amide bonds. The summed E-state index contributed by atoms with van der Waals surface area (Å²) in [6.45, 7) is 0. The molecule has 2 heteroatoms. The Morgan fingerprint density at radius 3 is 1.92 bits per heavy atom. The van der Waals surface area contributed by atoms with E-state index in [9.17, 15) is 0 Å². The fraction of sp³-hybridized carbons (Fsp3) is 0.0286. The Bertz CT molecular complexity index is 2140. The summed E-state index contributed by atoms with van der Waals surface area (Å²) in [4.78, 5) is 0. The number of aromatic nitrogens is 2. The Labute approximate surface area is 214 Å². The van der Waals surface area contributed by atoms with Crippen LogP contribution in [0.2, 0.25) is 0 Å². The molecule has 0 bridgehead atoms. The highest BCUT2D eigenvalue weighted by Gasteiger charge is 2.14. The van der Waals surface area contributed by atoms with Crippen LogP contribution in [0.5, 0.6) is 0 Å². The highest BCUT2D eigenvalue weighted by atomic mass is 15.0. The lowest BCUT2D eigenvalue weighted by atomic mass is 10.0. The van der Waals surface area contributed by atoms with Crippen molar-refractivity contribution in [2.24, 2.45) is 7.05 Å². The Hall–Kier alpha value is -4.82. The van der Waals surface area contributed by atoms with Gasteiger partial charge in [0.15, 0.2) is 0 Å². The number of para-hydroxylation sites is 2. The van der Waals surface area contributed by atoms with Crippen LogP contribution in [0.4, 0.5) is 0 Å². The average Bonchev–Trinajstić information content (AvgIpc) is 3.43. The minimum atomic E-state index is 1.18. The Morgan fingerprint density at radius 2 is 1.05 bits per heavy atom. The first-order valence-electron chi connectivity index (χ1n) is 12.8. The number of fused-ring (bicyclic) bond motifs is 7. The zero-order valence-corrected chi connectivity index (χ0v) is 20.5. The summed E-state index contributed by atoms with van der Waals surface area (Å²) in [5.41, 5.74) is 8.64. The van der Waals surface area contributed by atoms with Gasteiger partial charge in [-0.05, 0) is 70.4 Å². The molecule has 0 spiro atoms. The first-order chi connectivity index (χ1) is 18.3. The smallest absolute Gasteiger partial charge is 0.0547 e. The van der Waals surface area contributed by atoms with Gasteiger partial charge in [0.25, 0.3) is 0 Å². The quantitative estimate of drug-likeness (QED) is 0.237. The molecule has 0 aliphatic carbocycles. The van der Waals surface area contributed by atoms with Gasteiger partial charge in [-0.25, -0.2) is 0 Å². The van der Waals surface area contributed by atoms with Crippen molar-refractivity contribution in [3.05, 3.63) is 127 Å². The third-order valence-corrected chi connectivity index (χ3v) is 7.89. The third kappa shape index (κ3) is 2.93. The van der Waals surface area contributed by atoms with Crippen molar-refractivity contribution in [2.45, 2.75) is 0 Å². The van der Waals surface area contributed by atoms with Crippen LogP contribution in [0.25, 0.3) is 71.2 Å². The van der Waals surface area contributed by atoms with E-state index in [1.807, 2.05) is 0 Å². The van der Waals surface area contributed by atoms with Gasteiger partial charge in [-0.2, -0.15) is 0 Å². The molecule has 0 atom stereocenters. The van der Waals surface area contributed by atoms with E-state index < -0.39 is 0 Å². The predicted octanol–water partition coefficient (Wildman–Crippen LogP) is 9.25. The number of rotatable bonds is 2. The number of hydrogen-bond acceptors (Lipinski definition) is 0. The zero-order chi connectivity index (χ0) is 24.5. The molecule has 0 radical (unpaired) electrons. The summed E-state index contributed by atoms with van der Waals surface area (Å²) in [5.74, 6) is 0. The summed E-state index contributed by atoms with van der Waals surface area (Å²) in [7, 11) is 2.17. The maximum absolute atomic E-state index is 2.39. The van der Waals surface area contributed by atoms with Gasteiger partial charge in [-0.15, -0.1) is 0 Å². The first kappa shape index (κ1) is 20.4. The van der Waals surface area contributed by atoms with E-state index in [1.54, 1.807) is 0 Å². The van der Waals surface area contributed by atoms with Crippen molar-refractivity contribution in [3.63, 3.8) is 0 Å². The molecule has 8 rings (SSSR count). The maximum Gasteiger partial charge on any atom is 0.0547 e. The molecule has 6 aromatic carbocycles. The standard InChI is InChI=1S/C35H24N2/c1-36-32-18-16-25(20-30(32)31-19-23-9-5-6-10-24(23)21-34(31)36)26-15-17-29-28-13-7-8-14-33(28)37(35(29)22-26)27-11-3-2-4-12-27/h2-22H,1H3. The molecule has 174 valence electrons. The first-order valence-corrected chi connectivity index (χ1v) is 12.8. The average molecular weight is 473 g/mol. The summed E-state index contributed by atoms with van der Waals surface area (Å²) in [6.07, 6.45) is 0. The minimum Gasteiger partial charge on any atom is -0.344 e. The number of nitrogens with zero attached hydrogens (tertiary/aromatic N) is 2. The molecule has 0 aliphatic heterocycles. The van der Waals surface area contributed by atoms with Crippen LogP contribution in [0.1, 0.15) is 0 Å². The molecule has 0 aliphatic rings. The second-order valence-corrected chi connectivity index (χ2v) is 9.93. The molecule has 0 unspecified atom stereocenters. The zero-order valence-electron chi connectivity index (χ0n) is 20.5. The molecule has 37 heavy (non-hydrogen) atoms. The largest absolute Gasteiger partial charge is 0.344 e. The number of hydrogen-bond donors (Lipinski definition) is 0. The van der Waals surface area contributed by atoms with Gasteiger partial charge in [0, 0.05) is 45.3 Å². The molecular weight excluding hydrogens is 448 g/mol. The normalized spacial score (nSPS) is 11.9. The summed E-state index contributed by atoms with van der Waals surface area (Å²) < 4.78 is 4.70. The number of aryl methyl sites for hydroxylation is 1. The Balaban J connectivity index is 1.39. The Kier molecular flexibility index (Phi) is 4.18. The fourth-order valence-electron chi connectivity index (χ4n) is 6.08. The number of benzene rings is 6. The van der Waals surface area contributed by atoms with Gasteiger partial charge >= 0.3 is 0 Å². The fourth-order valence-corrected chi connectivity index (χ4v) is 6.08. The van der Waals surface area contributed by atoms with E-state index in [4.69, 9.17) is 0 Å². The van der Waals surface area contributed by atoms with E-state index >= 15 is 0 Å². The highest BCUT2D eigenvalue weighted by Crippen LogP contribution is 2.37. The third-order valence-electron chi connectivity index (χ3n) is 7.89. The lowest BCUT2D eigenvalue weighted by Crippen LogP contribution is -1.93. The van der Waals surface area contributed by atoms with E-state index in [1.165, 1.54) is 71.2 Å². The molecule has 2 aromatic heterocycles. The summed E-state index contributed by atoms with van der Waals surface area (Å²) in [5, 5.41) is 7.72. The molecule has 0 saturated carbocycles. The van der Waals surface area contributed by atoms with Gasteiger partial charge < -0.3 is 9.13 Å². The van der Waals surface area contributed by atoms with Crippen LogP contribution in [-0.2, 0) is 7.05 Å². The molecule has 8 aromatic rings. The SMILES string of the molecule is Cn1c2ccc(-c3ccc4c5ccccc5n(-c5ccccc5)c4c3)cc2c2cc3ccccc3cc21. The second kappa shape index (κ2) is 7.59. The van der Waals surface area contributed by atoms with Gasteiger partial charge in [0.2, 0.25) is 0 Å². The van der Waals surface area contributed by atoms with Gasteiger partial charge in [-0.1, -0.05) is 78.9 Å². The summed E-state index contributed by atoms with van der Waals surface area (Å²) >= 11 is 0. The predicted molar refractivity (Wildman–Crippen MR) is 158 cm³/mol.